The standard InChI is InChI=1S/C19H20N2O3S/c1-3-12-4-7-14(8-5-12)20-19-21-18(23)17(25-19)11-13-6-9-16(24-2)15(22)10-13/h4-11,19-20,22H,3H2,1-2H3,(H,21,23)/b17-11-/t19-/m1/s1. The number of carbonyl (C=O) groups excluding carboxylic acids is 1. The molecular weight excluding hydrogens is 336 g/mol. The lowest BCUT2D eigenvalue weighted by Crippen LogP contribution is -2.30. The molecule has 1 fully saturated rings. The van der Waals surface area contributed by atoms with Gasteiger partial charge in [-0.25, -0.2) is 0 Å². The molecule has 0 radical (unpaired) electrons. The van der Waals surface area contributed by atoms with Crippen LogP contribution in [-0.2, 0) is 11.2 Å². The number of carbonyl (C=O) groups is 1. The van der Waals surface area contributed by atoms with E-state index in [1.807, 2.05) is 12.1 Å². The van der Waals surface area contributed by atoms with Gasteiger partial charge in [0.1, 0.15) is 0 Å². The summed E-state index contributed by atoms with van der Waals surface area (Å²) >= 11 is 1.41. The van der Waals surface area contributed by atoms with Crippen LogP contribution >= 0.6 is 11.8 Å². The van der Waals surface area contributed by atoms with Gasteiger partial charge < -0.3 is 20.5 Å². The van der Waals surface area contributed by atoms with Crippen LogP contribution in [0.4, 0.5) is 5.69 Å². The second-order valence-electron chi connectivity index (χ2n) is 5.61. The van der Waals surface area contributed by atoms with Crippen molar-refractivity contribution in [3.8, 4) is 11.5 Å². The van der Waals surface area contributed by atoms with E-state index in [0.29, 0.717) is 10.7 Å². The molecule has 1 aliphatic rings. The molecule has 1 amide bonds. The lowest BCUT2D eigenvalue weighted by molar-refractivity contribution is -0.116. The predicted octanol–water partition coefficient (Wildman–Crippen LogP) is 3.56. The molecule has 25 heavy (non-hydrogen) atoms. The van der Waals surface area contributed by atoms with E-state index in [-0.39, 0.29) is 17.2 Å². The minimum absolute atomic E-state index is 0.0472. The summed E-state index contributed by atoms with van der Waals surface area (Å²) in [5, 5.41) is 16.0. The number of hydrogen-bond donors (Lipinski definition) is 3. The average molecular weight is 356 g/mol. The van der Waals surface area contributed by atoms with E-state index in [2.05, 4.69) is 29.7 Å². The second kappa shape index (κ2) is 7.53. The van der Waals surface area contributed by atoms with Crippen molar-refractivity contribution >= 4 is 29.4 Å². The van der Waals surface area contributed by atoms with Gasteiger partial charge in [-0.1, -0.05) is 36.9 Å². The van der Waals surface area contributed by atoms with Crippen molar-refractivity contribution in [2.45, 2.75) is 18.8 Å². The maximum absolute atomic E-state index is 12.2. The normalized spacial score (nSPS) is 18.2. The van der Waals surface area contributed by atoms with Crippen LogP contribution in [0.1, 0.15) is 18.1 Å². The number of amides is 1. The maximum Gasteiger partial charge on any atom is 0.260 e. The average Bonchev–Trinajstić information content (AvgIpc) is 2.95. The molecule has 0 spiro atoms. The fraction of sp³-hybridized carbons (Fsp3) is 0.211. The number of nitrogens with one attached hydrogen (secondary N) is 2. The highest BCUT2D eigenvalue weighted by Crippen LogP contribution is 2.32. The third-order valence-corrected chi connectivity index (χ3v) is 4.92. The molecule has 1 saturated heterocycles. The van der Waals surface area contributed by atoms with Crippen molar-refractivity contribution in [2.75, 3.05) is 12.4 Å². The summed E-state index contributed by atoms with van der Waals surface area (Å²) < 4.78 is 5.03. The summed E-state index contributed by atoms with van der Waals surface area (Å²) in [4.78, 5) is 12.8. The van der Waals surface area contributed by atoms with Crippen molar-refractivity contribution in [2.24, 2.45) is 0 Å². The van der Waals surface area contributed by atoms with E-state index in [1.54, 1.807) is 24.3 Å². The maximum atomic E-state index is 12.2. The van der Waals surface area contributed by atoms with Crippen molar-refractivity contribution in [1.29, 1.82) is 0 Å². The largest absolute Gasteiger partial charge is 0.504 e. The van der Waals surface area contributed by atoms with E-state index in [1.165, 1.54) is 24.4 Å². The van der Waals surface area contributed by atoms with Crippen LogP contribution < -0.4 is 15.4 Å². The highest BCUT2D eigenvalue weighted by Gasteiger charge is 2.27. The SMILES string of the molecule is CCc1ccc(N[C@@H]2NC(=O)/C(=C/c3ccc(OC)c(O)c3)S2)cc1. The summed E-state index contributed by atoms with van der Waals surface area (Å²) in [5.74, 6) is 0.315. The summed E-state index contributed by atoms with van der Waals surface area (Å²) in [7, 11) is 1.50. The van der Waals surface area contributed by atoms with Gasteiger partial charge in [0.15, 0.2) is 17.0 Å². The van der Waals surface area contributed by atoms with Gasteiger partial charge >= 0.3 is 0 Å². The van der Waals surface area contributed by atoms with Crippen LogP contribution in [-0.4, -0.2) is 23.6 Å². The molecule has 2 aromatic carbocycles. The van der Waals surface area contributed by atoms with Gasteiger partial charge in [-0.2, -0.15) is 0 Å². The fourth-order valence-electron chi connectivity index (χ4n) is 2.50. The Morgan fingerprint density at radius 2 is 2.04 bits per heavy atom. The minimum Gasteiger partial charge on any atom is -0.504 e. The Balaban J connectivity index is 1.70. The molecule has 5 nitrogen and oxygen atoms in total. The van der Waals surface area contributed by atoms with Gasteiger partial charge in [-0.05, 0) is 47.9 Å². The number of aryl methyl sites for hydroxylation is 1. The number of methoxy groups -OCH3 is 1. The van der Waals surface area contributed by atoms with Crippen LogP contribution in [0.15, 0.2) is 47.4 Å². The Hall–Kier alpha value is -2.60. The first-order valence-corrected chi connectivity index (χ1v) is 8.88. The first-order chi connectivity index (χ1) is 12.1. The molecule has 1 atom stereocenters. The van der Waals surface area contributed by atoms with Crippen LogP contribution in [0.2, 0.25) is 0 Å². The summed E-state index contributed by atoms with van der Waals surface area (Å²) in [6.45, 7) is 2.11. The van der Waals surface area contributed by atoms with E-state index < -0.39 is 0 Å². The van der Waals surface area contributed by atoms with E-state index in [0.717, 1.165) is 17.7 Å². The first kappa shape index (κ1) is 17.2. The van der Waals surface area contributed by atoms with E-state index in [4.69, 9.17) is 4.74 Å². The lowest BCUT2D eigenvalue weighted by Gasteiger charge is -2.12. The molecule has 0 aliphatic carbocycles. The summed E-state index contributed by atoms with van der Waals surface area (Å²) in [6.07, 6.45) is 2.75. The highest BCUT2D eigenvalue weighted by molar-refractivity contribution is 8.05. The quantitative estimate of drug-likeness (QED) is 0.715. The van der Waals surface area contributed by atoms with Crippen molar-refractivity contribution in [1.82, 2.24) is 5.32 Å². The van der Waals surface area contributed by atoms with Crippen LogP contribution in [0, 0.1) is 0 Å². The summed E-state index contributed by atoms with van der Waals surface area (Å²) in [6, 6.07) is 13.2. The number of phenols is 1. The number of hydrogen-bond acceptors (Lipinski definition) is 5. The minimum atomic E-state index is -0.224. The Bertz CT molecular complexity index is 803. The molecule has 3 N–H and O–H groups in total. The number of phenolic OH excluding ortho intramolecular Hbond substituents is 1. The summed E-state index contributed by atoms with van der Waals surface area (Å²) in [5.41, 5.74) is 2.74. The predicted molar refractivity (Wildman–Crippen MR) is 102 cm³/mol. The zero-order valence-electron chi connectivity index (χ0n) is 14.1. The Kier molecular flexibility index (Phi) is 5.19. The zero-order valence-corrected chi connectivity index (χ0v) is 14.9. The number of rotatable bonds is 5. The number of ether oxygens (including phenoxy) is 1. The van der Waals surface area contributed by atoms with Crippen molar-refractivity contribution in [3.05, 3.63) is 58.5 Å². The van der Waals surface area contributed by atoms with Crippen LogP contribution in [0.3, 0.4) is 0 Å². The van der Waals surface area contributed by atoms with Crippen molar-refractivity contribution in [3.63, 3.8) is 0 Å². The molecule has 6 heteroatoms. The molecule has 0 bridgehead atoms. The number of benzene rings is 2. The second-order valence-corrected chi connectivity index (χ2v) is 6.75. The van der Waals surface area contributed by atoms with E-state index >= 15 is 0 Å². The smallest absolute Gasteiger partial charge is 0.260 e. The topological polar surface area (TPSA) is 70.6 Å². The number of anilines is 1. The zero-order chi connectivity index (χ0) is 17.8. The third kappa shape index (κ3) is 4.09. The van der Waals surface area contributed by atoms with Gasteiger partial charge in [-0.15, -0.1) is 0 Å². The molecule has 0 unspecified atom stereocenters. The van der Waals surface area contributed by atoms with Gasteiger partial charge in [0.2, 0.25) is 0 Å². The van der Waals surface area contributed by atoms with Gasteiger partial charge in [0, 0.05) is 5.69 Å². The fourth-order valence-corrected chi connectivity index (χ4v) is 3.49. The van der Waals surface area contributed by atoms with Gasteiger partial charge in [-0.3, -0.25) is 4.79 Å². The Labute approximate surface area is 151 Å². The molecule has 1 heterocycles. The molecule has 3 rings (SSSR count). The Morgan fingerprint density at radius 1 is 1.28 bits per heavy atom. The van der Waals surface area contributed by atoms with Crippen LogP contribution in [0.25, 0.3) is 6.08 Å². The molecule has 130 valence electrons. The van der Waals surface area contributed by atoms with Crippen molar-refractivity contribution < 1.29 is 14.6 Å². The monoisotopic (exact) mass is 356 g/mol. The lowest BCUT2D eigenvalue weighted by atomic mass is 10.1. The van der Waals surface area contributed by atoms with Crippen LogP contribution in [0.5, 0.6) is 11.5 Å². The molecule has 0 saturated carbocycles. The number of thioether (sulfide) groups is 1. The first-order valence-electron chi connectivity index (χ1n) is 8.00. The molecule has 1 aliphatic heterocycles. The Morgan fingerprint density at radius 3 is 2.68 bits per heavy atom. The highest BCUT2D eigenvalue weighted by atomic mass is 32.2. The third-order valence-electron chi connectivity index (χ3n) is 3.89. The molecule has 2 aromatic rings. The van der Waals surface area contributed by atoms with E-state index in [9.17, 15) is 9.90 Å². The molecule has 0 aromatic heterocycles. The molecular formula is C19H20N2O3S. The van der Waals surface area contributed by atoms with Gasteiger partial charge in [0.25, 0.3) is 5.91 Å². The van der Waals surface area contributed by atoms with Gasteiger partial charge in [0.05, 0.1) is 12.0 Å². The number of aromatic hydroxyl groups is 1.